The van der Waals surface area contributed by atoms with Crippen molar-refractivity contribution >= 4 is 21.8 Å². The largest absolute Gasteiger partial charge is 0.395 e. The van der Waals surface area contributed by atoms with Gasteiger partial charge >= 0.3 is 0 Å². The zero-order chi connectivity index (χ0) is 19.3. The molecule has 1 aliphatic heterocycles. The lowest BCUT2D eigenvalue weighted by Gasteiger charge is -2.24. The zero-order valence-electron chi connectivity index (χ0n) is 15.5. The second-order valence-electron chi connectivity index (χ2n) is 6.72. The van der Waals surface area contributed by atoms with Gasteiger partial charge in [-0.3, -0.25) is 4.90 Å². The fraction of sp³-hybridized carbons (Fsp3) is 0.400. The van der Waals surface area contributed by atoms with Gasteiger partial charge in [-0.05, 0) is 61.0 Å². The van der Waals surface area contributed by atoms with Gasteiger partial charge in [-0.2, -0.15) is 0 Å². The number of thioether (sulfide) groups is 1. The summed E-state index contributed by atoms with van der Waals surface area (Å²) in [7, 11) is -3.56. The monoisotopic (exact) mass is 406 g/mol. The van der Waals surface area contributed by atoms with Crippen LogP contribution >= 0.6 is 11.8 Å². The highest BCUT2D eigenvalue weighted by molar-refractivity contribution is 7.98. The first-order valence-electron chi connectivity index (χ1n) is 9.09. The van der Waals surface area contributed by atoms with Crippen molar-refractivity contribution < 1.29 is 13.5 Å². The van der Waals surface area contributed by atoms with Crippen molar-refractivity contribution in [2.45, 2.75) is 41.8 Å². The van der Waals surface area contributed by atoms with E-state index in [1.807, 2.05) is 42.7 Å². The molecular formula is C20H26N2O3S2. The van der Waals surface area contributed by atoms with E-state index in [1.165, 1.54) is 0 Å². The minimum atomic E-state index is -3.56. The normalized spacial score (nSPS) is 18.1. The minimum absolute atomic E-state index is 0.167. The van der Waals surface area contributed by atoms with Gasteiger partial charge in [0.25, 0.3) is 0 Å². The van der Waals surface area contributed by atoms with E-state index >= 15 is 0 Å². The highest BCUT2D eigenvalue weighted by Gasteiger charge is 2.24. The summed E-state index contributed by atoms with van der Waals surface area (Å²) >= 11 is 1.58. The third kappa shape index (κ3) is 5.12. The molecule has 27 heavy (non-hydrogen) atoms. The molecule has 2 aromatic rings. The molecule has 0 aliphatic carbocycles. The van der Waals surface area contributed by atoms with Gasteiger partial charge in [-0.25, -0.2) is 13.1 Å². The summed E-state index contributed by atoms with van der Waals surface area (Å²) < 4.78 is 27.9. The Morgan fingerprint density at radius 1 is 1.15 bits per heavy atom. The van der Waals surface area contributed by atoms with E-state index < -0.39 is 10.0 Å². The average Bonchev–Trinajstić information content (AvgIpc) is 3.14. The predicted octanol–water partition coefficient (Wildman–Crippen LogP) is 2.84. The Bertz CT molecular complexity index is 854. The van der Waals surface area contributed by atoms with E-state index in [0.717, 1.165) is 42.0 Å². The fourth-order valence-electron chi connectivity index (χ4n) is 3.42. The average molecular weight is 407 g/mol. The number of benzene rings is 2. The molecule has 5 nitrogen and oxygen atoms in total. The van der Waals surface area contributed by atoms with Crippen LogP contribution in [0.1, 0.15) is 24.0 Å². The summed E-state index contributed by atoms with van der Waals surface area (Å²) in [5, 5.41) is 9.52. The van der Waals surface area contributed by atoms with E-state index in [9.17, 15) is 13.5 Å². The third-order valence-electron chi connectivity index (χ3n) is 5.02. The molecule has 0 aromatic heterocycles. The van der Waals surface area contributed by atoms with Gasteiger partial charge < -0.3 is 5.11 Å². The molecule has 1 heterocycles. The van der Waals surface area contributed by atoms with Gasteiger partial charge in [0.05, 0.1) is 11.5 Å². The highest BCUT2D eigenvalue weighted by atomic mass is 32.2. The molecule has 1 fully saturated rings. The Hall–Kier alpha value is -1.38. The van der Waals surface area contributed by atoms with Gasteiger partial charge in [-0.1, -0.05) is 24.3 Å². The number of rotatable bonds is 8. The molecule has 1 aliphatic rings. The first-order chi connectivity index (χ1) is 13.0. The quantitative estimate of drug-likeness (QED) is 0.660. The number of hydrogen-bond donors (Lipinski definition) is 2. The molecule has 7 heteroatoms. The summed E-state index contributed by atoms with van der Waals surface area (Å²) in [4.78, 5) is 3.58. The Morgan fingerprint density at radius 3 is 2.52 bits per heavy atom. The van der Waals surface area contributed by atoms with Crippen LogP contribution in [0.4, 0.5) is 0 Å². The van der Waals surface area contributed by atoms with Crippen molar-refractivity contribution in [1.82, 2.24) is 9.62 Å². The van der Waals surface area contributed by atoms with E-state index in [2.05, 4.69) is 9.62 Å². The van der Waals surface area contributed by atoms with Crippen LogP contribution in [0.3, 0.4) is 0 Å². The summed E-state index contributed by atoms with van der Waals surface area (Å²) in [5.41, 5.74) is 2.06. The van der Waals surface area contributed by atoms with Crippen LogP contribution in [0.2, 0.25) is 0 Å². The van der Waals surface area contributed by atoms with Crippen LogP contribution < -0.4 is 4.72 Å². The molecule has 3 rings (SSSR count). The lowest BCUT2D eigenvalue weighted by molar-refractivity contribution is 0.153. The molecule has 0 spiro atoms. The molecule has 1 unspecified atom stereocenters. The smallest absolute Gasteiger partial charge is 0.240 e. The Kier molecular flexibility index (Phi) is 6.94. The minimum Gasteiger partial charge on any atom is -0.395 e. The number of nitrogens with zero attached hydrogens (tertiary/aromatic N) is 1. The van der Waals surface area contributed by atoms with Crippen molar-refractivity contribution in [2.24, 2.45) is 0 Å². The summed E-state index contributed by atoms with van der Waals surface area (Å²) in [6, 6.07) is 15.0. The van der Waals surface area contributed by atoms with Crippen LogP contribution in [0, 0.1) is 0 Å². The van der Waals surface area contributed by atoms with E-state index in [1.54, 1.807) is 23.9 Å². The van der Waals surface area contributed by atoms with Gasteiger partial charge in [0.1, 0.15) is 0 Å². The predicted molar refractivity (Wildman–Crippen MR) is 109 cm³/mol. The fourth-order valence-corrected chi connectivity index (χ4v) is 4.84. The van der Waals surface area contributed by atoms with Crippen LogP contribution in [-0.4, -0.2) is 43.9 Å². The molecule has 0 bridgehead atoms. The summed E-state index contributed by atoms with van der Waals surface area (Å²) in [5.74, 6) is 0. The number of hydrogen-bond acceptors (Lipinski definition) is 5. The van der Waals surface area contributed by atoms with E-state index in [-0.39, 0.29) is 24.1 Å². The van der Waals surface area contributed by atoms with E-state index in [0.29, 0.717) is 0 Å². The van der Waals surface area contributed by atoms with Gasteiger partial charge in [0, 0.05) is 24.0 Å². The van der Waals surface area contributed by atoms with Crippen LogP contribution in [0.15, 0.2) is 58.3 Å². The standard InChI is InChI=1S/C20H26N2O3S2/c1-26-19-8-10-20(11-9-19)27(24,25)21-13-16-5-2-3-6-17(16)14-22-12-4-7-18(22)15-23/h2-3,5-6,8-11,18,21,23H,4,7,12-15H2,1H3. The maximum absolute atomic E-state index is 12.6. The topological polar surface area (TPSA) is 69.6 Å². The van der Waals surface area contributed by atoms with Crippen molar-refractivity contribution in [1.29, 1.82) is 0 Å². The third-order valence-corrected chi connectivity index (χ3v) is 7.18. The number of aliphatic hydroxyl groups is 1. The maximum Gasteiger partial charge on any atom is 0.240 e. The van der Waals surface area contributed by atoms with Crippen molar-refractivity contribution in [3.63, 3.8) is 0 Å². The first-order valence-corrected chi connectivity index (χ1v) is 11.8. The number of sulfonamides is 1. The van der Waals surface area contributed by atoms with Crippen molar-refractivity contribution in [2.75, 3.05) is 19.4 Å². The Labute approximate surface area is 165 Å². The van der Waals surface area contributed by atoms with E-state index in [4.69, 9.17) is 0 Å². The number of likely N-dealkylation sites (tertiary alicyclic amines) is 1. The number of nitrogens with one attached hydrogen (secondary N) is 1. The Balaban J connectivity index is 1.70. The molecule has 0 amide bonds. The molecule has 0 radical (unpaired) electrons. The second kappa shape index (κ2) is 9.21. The zero-order valence-corrected chi connectivity index (χ0v) is 17.1. The second-order valence-corrected chi connectivity index (χ2v) is 9.36. The molecule has 0 saturated carbocycles. The highest BCUT2D eigenvalue weighted by Crippen LogP contribution is 2.22. The van der Waals surface area contributed by atoms with Crippen LogP contribution in [0.25, 0.3) is 0 Å². The number of aliphatic hydroxyl groups excluding tert-OH is 1. The summed E-state index contributed by atoms with van der Waals surface area (Å²) in [6.45, 7) is 2.11. The molecule has 1 saturated heterocycles. The maximum atomic E-state index is 12.6. The lowest BCUT2D eigenvalue weighted by atomic mass is 10.1. The molecule has 146 valence electrons. The molecular weight excluding hydrogens is 380 g/mol. The van der Waals surface area contributed by atoms with Crippen molar-refractivity contribution in [3.05, 3.63) is 59.7 Å². The van der Waals surface area contributed by atoms with Gasteiger partial charge in [0.2, 0.25) is 10.0 Å². The molecule has 1 atom stereocenters. The lowest BCUT2D eigenvalue weighted by Crippen LogP contribution is -2.32. The molecule has 2 N–H and O–H groups in total. The van der Waals surface area contributed by atoms with Gasteiger partial charge in [0.15, 0.2) is 0 Å². The Morgan fingerprint density at radius 2 is 1.85 bits per heavy atom. The molecule has 2 aromatic carbocycles. The summed E-state index contributed by atoms with van der Waals surface area (Å²) in [6.07, 6.45) is 4.06. The van der Waals surface area contributed by atoms with Gasteiger partial charge in [-0.15, -0.1) is 11.8 Å². The SMILES string of the molecule is CSc1ccc(S(=O)(=O)NCc2ccccc2CN2CCCC2CO)cc1. The van der Waals surface area contributed by atoms with Crippen molar-refractivity contribution in [3.8, 4) is 0 Å². The van der Waals surface area contributed by atoms with Crippen LogP contribution in [0.5, 0.6) is 0 Å². The first kappa shape index (κ1) is 20.4. The van der Waals surface area contributed by atoms with Crippen LogP contribution in [-0.2, 0) is 23.1 Å².